The molecule has 1 unspecified atom stereocenters. The quantitative estimate of drug-likeness (QED) is 0.658. The molecule has 1 amide bonds. The normalized spacial score (nSPS) is 22.7. The molecule has 3 aromatic rings. The second kappa shape index (κ2) is 8.28. The molecule has 2 saturated heterocycles. The molecule has 0 bridgehead atoms. The first kappa shape index (κ1) is 20.4. The van der Waals surface area contributed by atoms with Crippen molar-refractivity contribution in [3.8, 4) is 0 Å². The van der Waals surface area contributed by atoms with Crippen LogP contribution in [0.1, 0.15) is 64.5 Å². The summed E-state index contributed by atoms with van der Waals surface area (Å²) in [5.74, 6) is 0.816. The van der Waals surface area contributed by atoms with Crippen molar-refractivity contribution in [1.29, 1.82) is 0 Å². The smallest absolute Gasteiger partial charge is 0.254 e. The van der Waals surface area contributed by atoms with Gasteiger partial charge in [-0.15, -0.1) is 11.3 Å². The SMILES string of the molecule is Cc1nc2sccn2c1CN1CCC(c2ccc3c(c2)CN(C2CCCNC2)C3=O)CC1. The van der Waals surface area contributed by atoms with E-state index < -0.39 is 0 Å². The van der Waals surface area contributed by atoms with Crippen LogP contribution in [0.25, 0.3) is 4.96 Å². The fourth-order valence-electron chi connectivity index (χ4n) is 5.78. The summed E-state index contributed by atoms with van der Waals surface area (Å²) in [4.78, 5) is 23.4. The zero-order valence-corrected chi connectivity index (χ0v) is 19.5. The van der Waals surface area contributed by atoms with E-state index in [1.807, 2.05) is 0 Å². The van der Waals surface area contributed by atoms with Crippen molar-refractivity contribution in [1.82, 2.24) is 24.5 Å². The van der Waals surface area contributed by atoms with Gasteiger partial charge in [0.2, 0.25) is 0 Å². The van der Waals surface area contributed by atoms with Gasteiger partial charge in [-0.3, -0.25) is 14.1 Å². The molecular formula is C25H31N5OS. The lowest BCUT2D eigenvalue weighted by Gasteiger charge is -2.32. The van der Waals surface area contributed by atoms with Crippen molar-refractivity contribution < 1.29 is 4.79 Å². The number of carbonyl (C=O) groups excluding carboxylic acids is 1. The standard InChI is InChI=1S/C25H31N5OS/c1-17-23(29-11-12-32-25(29)27-17)16-28-9-6-18(7-10-28)19-4-5-22-20(13-19)15-30(24(22)31)21-3-2-8-26-14-21/h4-5,11-13,18,21,26H,2-3,6-10,14-16H2,1H3. The number of piperidine rings is 2. The van der Waals surface area contributed by atoms with Gasteiger partial charge in [-0.25, -0.2) is 4.98 Å². The lowest BCUT2D eigenvalue weighted by atomic mass is 9.88. The largest absolute Gasteiger partial charge is 0.330 e. The van der Waals surface area contributed by atoms with Crippen LogP contribution < -0.4 is 5.32 Å². The van der Waals surface area contributed by atoms with Gasteiger partial charge in [0, 0.05) is 42.8 Å². The van der Waals surface area contributed by atoms with E-state index in [0.29, 0.717) is 12.0 Å². The van der Waals surface area contributed by atoms with Crippen molar-refractivity contribution in [2.45, 2.75) is 57.7 Å². The number of carbonyl (C=O) groups is 1. The lowest BCUT2D eigenvalue weighted by molar-refractivity contribution is 0.0674. The number of amides is 1. The first-order chi connectivity index (χ1) is 15.7. The van der Waals surface area contributed by atoms with Gasteiger partial charge < -0.3 is 10.2 Å². The topological polar surface area (TPSA) is 52.9 Å². The number of benzene rings is 1. The summed E-state index contributed by atoms with van der Waals surface area (Å²) in [5, 5.41) is 5.56. The molecule has 1 atom stereocenters. The molecule has 0 radical (unpaired) electrons. The summed E-state index contributed by atoms with van der Waals surface area (Å²) in [6, 6.07) is 6.99. The van der Waals surface area contributed by atoms with E-state index in [0.717, 1.165) is 68.3 Å². The molecule has 2 aromatic heterocycles. The highest BCUT2D eigenvalue weighted by molar-refractivity contribution is 7.15. The minimum Gasteiger partial charge on any atom is -0.330 e. The van der Waals surface area contributed by atoms with Gasteiger partial charge in [-0.05, 0) is 75.4 Å². The number of aryl methyl sites for hydroxylation is 1. The maximum atomic E-state index is 13.0. The van der Waals surface area contributed by atoms with Crippen LogP contribution in [0.5, 0.6) is 0 Å². The molecule has 2 fully saturated rings. The molecule has 6 rings (SSSR count). The maximum Gasteiger partial charge on any atom is 0.254 e. The average molecular weight is 450 g/mol. The number of hydrogen-bond donors (Lipinski definition) is 1. The summed E-state index contributed by atoms with van der Waals surface area (Å²) in [5.41, 5.74) is 6.05. The number of likely N-dealkylation sites (tertiary alicyclic amines) is 1. The molecule has 1 N–H and O–H groups in total. The van der Waals surface area contributed by atoms with Gasteiger partial charge in [0.25, 0.3) is 5.91 Å². The van der Waals surface area contributed by atoms with Gasteiger partial charge >= 0.3 is 0 Å². The van der Waals surface area contributed by atoms with Gasteiger partial charge in [0.15, 0.2) is 4.96 Å². The van der Waals surface area contributed by atoms with Gasteiger partial charge in [0.05, 0.1) is 11.4 Å². The van der Waals surface area contributed by atoms with Gasteiger partial charge in [-0.1, -0.05) is 12.1 Å². The van der Waals surface area contributed by atoms with Crippen LogP contribution in [0.15, 0.2) is 29.8 Å². The first-order valence-corrected chi connectivity index (χ1v) is 12.8. The summed E-state index contributed by atoms with van der Waals surface area (Å²) in [7, 11) is 0. The van der Waals surface area contributed by atoms with E-state index in [1.54, 1.807) is 11.3 Å². The molecule has 32 heavy (non-hydrogen) atoms. The fourth-order valence-corrected chi connectivity index (χ4v) is 6.56. The van der Waals surface area contributed by atoms with E-state index in [1.165, 1.54) is 29.7 Å². The number of rotatable bonds is 4. The number of imidazole rings is 1. The van der Waals surface area contributed by atoms with Gasteiger partial charge in [-0.2, -0.15) is 0 Å². The third-order valence-electron chi connectivity index (χ3n) is 7.67. The lowest BCUT2D eigenvalue weighted by Crippen LogP contribution is -2.46. The summed E-state index contributed by atoms with van der Waals surface area (Å²) in [6.45, 7) is 8.10. The van der Waals surface area contributed by atoms with E-state index in [-0.39, 0.29) is 5.91 Å². The average Bonchev–Trinajstić information content (AvgIpc) is 3.49. The Bertz CT molecular complexity index is 1140. The molecule has 168 valence electrons. The summed E-state index contributed by atoms with van der Waals surface area (Å²) < 4.78 is 2.25. The van der Waals surface area contributed by atoms with Crippen LogP contribution in [-0.4, -0.2) is 57.3 Å². The number of aromatic nitrogens is 2. The number of fused-ring (bicyclic) bond motifs is 2. The Morgan fingerprint density at radius 1 is 1.22 bits per heavy atom. The Labute approximate surface area is 193 Å². The van der Waals surface area contributed by atoms with Gasteiger partial charge in [0.1, 0.15) is 0 Å². The van der Waals surface area contributed by atoms with Crippen LogP contribution in [-0.2, 0) is 13.1 Å². The minimum absolute atomic E-state index is 0.228. The Hall–Kier alpha value is -2.22. The molecule has 7 heteroatoms. The molecule has 0 aliphatic carbocycles. The van der Waals surface area contributed by atoms with E-state index >= 15 is 0 Å². The Balaban J connectivity index is 1.11. The molecule has 3 aliphatic heterocycles. The minimum atomic E-state index is 0.228. The highest BCUT2D eigenvalue weighted by Crippen LogP contribution is 2.34. The number of nitrogens with one attached hydrogen (secondary N) is 1. The van der Waals surface area contributed by atoms with Crippen LogP contribution in [0, 0.1) is 6.92 Å². The predicted octanol–water partition coefficient (Wildman–Crippen LogP) is 3.79. The Morgan fingerprint density at radius 3 is 2.91 bits per heavy atom. The van der Waals surface area contributed by atoms with E-state index in [4.69, 9.17) is 4.98 Å². The number of thiazole rings is 1. The summed E-state index contributed by atoms with van der Waals surface area (Å²) in [6.07, 6.45) is 6.76. The second-order valence-corrected chi connectivity index (χ2v) is 10.5. The number of hydrogen-bond acceptors (Lipinski definition) is 5. The molecule has 6 nitrogen and oxygen atoms in total. The third-order valence-corrected chi connectivity index (χ3v) is 8.42. The summed E-state index contributed by atoms with van der Waals surface area (Å²) >= 11 is 1.70. The van der Waals surface area contributed by atoms with E-state index in [2.05, 4.69) is 56.2 Å². The monoisotopic (exact) mass is 449 g/mol. The molecule has 0 spiro atoms. The van der Waals surface area contributed by atoms with Crippen LogP contribution in [0.2, 0.25) is 0 Å². The third kappa shape index (κ3) is 3.56. The van der Waals surface area contributed by atoms with Crippen LogP contribution >= 0.6 is 11.3 Å². The van der Waals surface area contributed by atoms with Crippen molar-refractivity contribution in [3.63, 3.8) is 0 Å². The molecular weight excluding hydrogens is 418 g/mol. The van der Waals surface area contributed by atoms with E-state index in [9.17, 15) is 4.79 Å². The molecule has 0 saturated carbocycles. The van der Waals surface area contributed by atoms with Crippen molar-refractivity contribution in [2.75, 3.05) is 26.2 Å². The molecule has 5 heterocycles. The highest BCUT2D eigenvalue weighted by Gasteiger charge is 2.34. The van der Waals surface area contributed by atoms with Crippen LogP contribution in [0.4, 0.5) is 0 Å². The highest BCUT2D eigenvalue weighted by atomic mass is 32.1. The first-order valence-electron chi connectivity index (χ1n) is 12.0. The zero-order valence-electron chi connectivity index (χ0n) is 18.7. The van der Waals surface area contributed by atoms with Crippen molar-refractivity contribution in [3.05, 3.63) is 57.9 Å². The Morgan fingerprint density at radius 2 is 2.09 bits per heavy atom. The molecule has 3 aliphatic rings. The second-order valence-electron chi connectivity index (χ2n) is 9.60. The van der Waals surface area contributed by atoms with Crippen LogP contribution in [0.3, 0.4) is 0 Å². The van der Waals surface area contributed by atoms with Crippen molar-refractivity contribution in [2.24, 2.45) is 0 Å². The fraction of sp³-hybridized carbons (Fsp3) is 0.520. The number of nitrogens with zero attached hydrogens (tertiary/aromatic N) is 4. The molecule has 1 aromatic carbocycles. The van der Waals surface area contributed by atoms with Crippen molar-refractivity contribution >= 4 is 22.2 Å². The maximum absolute atomic E-state index is 13.0. The Kier molecular flexibility index (Phi) is 5.28. The zero-order chi connectivity index (χ0) is 21.7. The predicted molar refractivity (Wildman–Crippen MR) is 127 cm³/mol.